The Morgan fingerprint density at radius 2 is 2.24 bits per heavy atom. The van der Waals surface area contributed by atoms with Crippen molar-refractivity contribution in [3.8, 4) is 0 Å². The first-order valence-corrected chi connectivity index (χ1v) is 7.03. The minimum Gasteiger partial charge on any atom is -0.362 e. The Hall–Kier alpha value is -0.720. The van der Waals surface area contributed by atoms with Gasteiger partial charge in [-0.3, -0.25) is 0 Å². The molecule has 0 bridgehead atoms. The molecule has 2 heterocycles. The molecule has 2 rings (SSSR count). The molecule has 0 fully saturated rings. The maximum Gasteiger partial charge on any atom is 0.224 e. The predicted molar refractivity (Wildman–Crippen MR) is 73.6 cm³/mol. The topological polar surface area (TPSA) is 50.7 Å². The van der Waals surface area contributed by atoms with Crippen LogP contribution in [0.15, 0.2) is 16.9 Å². The van der Waals surface area contributed by atoms with E-state index in [1.807, 2.05) is 6.20 Å². The standard InChI is InChI=1S/C10H10BrClN4S/c1-2-6-3-13-8(17-6)5-14-9-7(11)4-15-10(12)16-9/h3-4H,2,5H2,1H3,(H,14,15,16). The molecule has 0 amide bonds. The van der Waals surface area contributed by atoms with Crippen molar-refractivity contribution in [1.82, 2.24) is 15.0 Å². The fraction of sp³-hybridized carbons (Fsp3) is 0.300. The number of rotatable bonds is 4. The molecule has 0 aliphatic carbocycles. The maximum atomic E-state index is 5.73. The Morgan fingerprint density at radius 3 is 2.94 bits per heavy atom. The molecule has 4 nitrogen and oxygen atoms in total. The summed E-state index contributed by atoms with van der Waals surface area (Å²) < 4.78 is 0.786. The SMILES string of the molecule is CCc1cnc(CNc2nc(Cl)ncc2Br)s1. The van der Waals surface area contributed by atoms with Crippen LogP contribution in [0.1, 0.15) is 16.8 Å². The summed E-state index contributed by atoms with van der Waals surface area (Å²) in [7, 11) is 0. The van der Waals surface area contributed by atoms with E-state index in [-0.39, 0.29) is 5.28 Å². The fourth-order valence-corrected chi connectivity index (χ4v) is 2.49. The average molecular weight is 334 g/mol. The van der Waals surface area contributed by atoms with Crippen LogP contribution in [-0.2, 0) is 13.0 Å². The summed E-state index contributed by atoms with van der Waals surface area (Å²) in [6, 6.07) is 0. The molecule has 0 unspecified atom stereocenters. The van der Waals surface area contributed by atoms with Gasteiger partial charge in [0, 0.05) is 17.3 Å². The number of halogens is 2. The van der Waals surface area contributed by atoms with Crippen LogP contribution in [0.2, 0.25) is 5.28 Å². The number of thiazole rings is 1. The molecule has 0 radical (unpaired) electrons. The van der Waals surface area contributed by atoms with Crippen LogP contribution in [0.4, 0.5) is 5.82 Å². The van der Waals surface area contributed by atoms with Crippen LogP contribution in [0.5, 0.6) is 0 Å². The molecule has 0 atom stereocenters. The van der Waals surface area contributed by atoms with E-state index in [1.54, 1.807) is 17.5 Å². The predicted octanol–water partition coefficient (Wildman–Crippen LogP) is 3.52. The molecule has 0 saturated heterocycles. The van der Waals surface area contributed by atoms with Crippen LogP contribution in [0.25, 0.3) is 0 Å². The first-order valence-electron chi connectivity index (χ1n) is 5.04. The lowest BCUT2D eigenvalue weighted by atomic mass is 10.4. The molecule has 0 aliphatic heterocycles. The highest BCUT2D eigenvalue weighted by Gasteiger charge is 2.05. The van der Waals surface area contributed by atoms with Gasteiger partial charge in [0.1, 0.15) is 10.8 Å². The Balaban J connectivity index is 2.04. The van der Waals surface area contributed by atoms with E-state index in [1.165, 1.54) is 4.88 Å². The summed E-state index contributed by atoms with van der Waals surface area (Å²) in [4.78, 5) is 13.6. The minimum atomic E-state index is 0.226. The number of aryl methyl sites for hydroxylation is 1. The largest absolute Gasteiger partial charge is 0.362 e. The van der Waals surface area contributed by atoms with Gasteiger partial charge >= 0.3 is 0 Å². The normalized spacial score (nSPS) is 10.5. The van der Waals surface area contributed by atoms with E-state index < -0.39 is 0 Å². The van der Waals surface area contributed by atoms with Gasteiger partial charge in [0.2, 0.25) is 5.28 Å². The van der Waals surface area contributed by atoms with Gasteiger partial charge in [-0.2, -0.15) is 4.98 Å². The van der Waals surface area contributed by atoms with Gasteiger partial charge in [0.05, 0.1) is 11.0 Å². The molecule has 0 aromatic carbocycles. The second-order valence-electron chi connectivity index (χ2n) is 3.26. The lowest BCUT2D eigenvalue weighted by Crippen LogP contribution is -2.02. The number of aromatic nitrogens is 3. The smallest absolute Gasteiger partial charge is 0.224 e. The number of hydrogen-bond donors (Lipinski definition) is 1. The molecule has 90 valence electrons. The van der Waals surface area contributed by atoms with E-state index in [2.05, 4.69) is 43.1 Å². The first-order chi connectivity index (χ1) is 8.19. The number of anilines is 1. The molecule has 0 saturated carbocycles. The lowest BCUT2D eigenvalue weighted by Gasteiger charge is -2.05. The van der Waals surface area contributed by atoms with Crippen LogP contribution < -0.4 is 5.32 Å². The second-order valence-corrected chi connectivity index (χ2v) is 5.66. The molecular weight excluding hydrogens is 324 g/mol. The highest BCUT2D eigenvalue weighted by atomic mass is 79.9. The Kier molecular flexibility index (Phi) is 4.31. The number of nitrogens with zero attached hydrogens (tertiary/aromatic N) is 3. The van der Waals surface area contributed by atoms with Gasteiger partial charge in [-0.25, -0.2) is 9.97 Å². The van der Waals surface area contributed by atoms with Crippen molar-refractivity contribution in [2.45, 2.75) is 19.9 Å². The van der Waals surface area contributed by atoms with Crippen LogP contribution in [-0.4, -0.2) is 15.0 Å². The van der Waals surface area contributed by atoms with E-state index >= 15 is 0 Å². The Labute approximate surface area is 117 Å². The summed E-state index contributed by atoms with van der Waals surface area (Å²) in [6.07, 6.45) is 4.54. The third kappa shape index (κ3) is 3.37. The zero-order valence-electron chi connectivity index (χ0n) is 9.07. The molecular formula is C10H10BrClN4S. The highest BCUT2D eigenvalue weighted by Crippen LogP contribution is 2.21. The van der Waals surface area contributed by atoms with Gasteiger partial charge in [-0.15, -0.1) is 11.3 Å². The summed E-state index contributed by atoms with van der Waals surface area (Å²) in [5.41, 5.74) is 0. The van der Waals surface area contributed by atoms with Gasteiger partial charge < -0.3 is 5.32 Å². The van der Waals surface area contributed by atoms with Crippen molar-refractivity contribution in [2.24, 2.45) is 0 Å². The number of nitrogens with one attached hydrogen (secondary N) is 1. The maximum absolute atomic E-state index is 5.73. The summed E-state index contributed by atoms with van der Waals surface area (Å²) in [5, 5.41) is 4.43. The fourth-order valence-electron chi connectivity index (χ4n) is 1.22. The van der Waals surface area contributed by atoms with E-state index in [0.717, 1.165) is 15.9 Å². The number of hydrogen-bond acceptors (Lipinski definition) is 5. The Morgan fingerprint density at radius 1 is 1.41 bits per heavy atom. The molecule has 0 aliphatic rings. The Bertz CT molecular complexity index is 517. The van der Waals surface area contributed by atoms with E-state index in [4.69, 9.17) is 11.6 Å². The molecule has 0 spiro atoms. The zero-order valence-corrected chi connectivity index (χ0v) is 12.2. The van der Waals surface area contributed by atoms with Gasteiger partial charge in [-0.05, 0) is 34.0 Å². The molecule has 7 heteroatoms. The minimum absolute atomic E-state index is 0.226. The molecule has 1 N–H and O–H groups in total. The van der Waals surface area contributed by atoms with Crippen molar-refractivity contribution < 1.29 is 0 Å². The van der Waals surface area contributed by atoms with Crippen molar-refractivity contribution >= 4 is 44.7 Å². The van der Waals surface area contributed by atoms with E-state index in [0.29, 0.717) is 12.4 Å². The molecule has 2 aromatic rings. The average Bonchev–Trinajstić information content (AvgIpc) is 2.78. The summed E-state index contributed by atoms with van der Waals surface area (Å²) >= 11 is 10.8. The zero-order chi connectivity index (χ0) is 12.3. The third-order valence-corrected chi connectivity index (χ3v) is 3.98. The van der Waals surface area contributed by atoms with E-state index in [9.17, 15) is 0 Å². The van der Waals surface area contributed by atoms with Crippen LogP contribution in [0.3, 0.4) is 0 Å². The highest BCUT2D eigenvalue weighted by molar-refractivity contribution is 9.10. The summed E-state index contributed by atoms with van der Waals surface area (Å²) in [5.74, 6) is 0.679. The monoisotopic (exact) mass is 332 g/mol. The first kappa shape index (κ1) is 12.7. The van der Waals surface area contributed by atoms with Crippen molar-refractivity contribution in [1.29, 1.82) is 0 Å². The van der Waals surface area contributed by atoms with Crippen LogP contribution >= 0.6 is 38.9 Å². The van der Waals surface area contributed by atoms with Gasteiger partial charge in [0.25, 0.3) is 0 Å². The summed E-state index contributed by atoms with van der Waals surface area (Å²) in [6.45, 7) is 2.75. The van der Waals surface area contributed by atoms with Crippen molar-refractivity contribution in [3.63, 3.8) is 0 Å². The van der Waals surface area contributed by atoms with Crippen molar-refractivity contribution in [3.05, 3.63) is 32.0 Å². The van der Waals surface area contributed by atoms with Gasteiger partial charge in [0.15, 0.2) is 0 Å². The quantitative estimate of drug-likeness (QED) is 0.870. The van der Waals surface area contributed by atoms with Gasteiger partial charge in [-0.1, -0.05) is 6.92 Å². The van der Waals surface area contributed by atoms with Crippen LogP contribution in [0, 0.1) is 0 Å². The molecule has 2 aromatic heterocycles. The molecule has 17 heavy (non-hydrogen) atoms. The second kappa shape index (κ2) is 5.75. The van der Waals surface area contributed by atoms with Crippen molar-refractivity contribution in [2.75, 3.05) is 5.32 Å². The third-order valence-electron chi connectivity index (χ3n) is 2.07. The lowest BCUT2D eigenvalue weighted by molar-refractivity contribution is 1.05.